The van der Waals surface area contributed by atoms with Gasteiger partial charge in [-0.25, -0.2) is 0 Å². The van der Waals surface area contributed by atoms with Crippen LogP contribution in [0.3, 0.4) is 0 Å². The molecule has 0 aromatic carbocycles. The van der Waals surface area contributed by atoms with Gasteiger partial charge in [-0.1, -0.05) is 0 Å². The van der Waals surface area contributed by atoms with Crippen molar-refractivity contribution in [1.29, 1.82) is 0 Å². The average molecular weight is 2140 g/mol. The molecule has 0 radical (unpaired) electrons. The van der Waals surface area contributed by atoms with Crippen molar-refractivity contribution in [2.24, 2.45) is 0 Å². The molecule has 11 fully saturated rings. The van der Waals surface area contributed by atoms with Crippen LogP contribution in [0, 0.1) is 0 Å². The van der Waals surface area contributed by atoms with E-state index in [1.54, 1.807) is 0 Å². The summed E-state index contributed by atoms with van der Waals surface area (Å²) < 4.78 is 135. The Labute approximate surface area is 828 Å². The van der Waals surface area contributed by atoms with E-state index in [4.69, 9.17) is 104 Å². The van der Waals surface area contributed by atoms with E-state index in [-0.39, 0.29) is 0 Å². The standard InChI is InChI=1S/C82H139N5O59/c1-19-41(103)52(114)58(120)76(127-19)125-17-27(102)63(43(105)26(8-88)83-21(3)97)138-73-38(85-23(5)99)50(112)65(34(15-95)134-73)140-80-62(124)69(144-82-71(57(119)48(110)32(13-93)133-82)146-74-39(86-24(6)100)51(113)64(33(14-94)135-74)139-78-60(122)54(116)45(107)29(10-90)130-78)67(141-72-37(84-22(4)98)49(111)44(106)28(9-89)129-72)36(137-80)18-126-81-70(56(118)47(109)31(12-92)132-81)145-75-40(87-25(7)101)68(143-77-59(121)53(115)42(104)20(2)128-77)66(35(16-96)136-75)142-79-61(123)55(117)46(108)30(11-91)131-79/h19-20,26-82,88-96,102-124H,8-18H2,1-7H3,(H,83,97)(H,84,98)(H,85,99)(H,86,100)(H,87,101)/t19-,20-,26-,27+,28+,29+,30+,31+,32+,33+,34+,35+,36+,37+,38+,39+,40+,41+,42+,43+,44+,45-,46-,47+,48+,49+,50+,51+,52+,53+,54-,55-,56-,57-,58-,59-,60+,61+,62-,63+,64+,65+,66+,67+,68+,69+,70-,71-,72-,73-,74-,75-,76+,77-,78-,79-,80-,81-,82+/m0/s1. The fourth-order valence-corrected chi connectivity index (χ4v) is 18.7. The second kappa shape index (κ2) is 53.6. The van der Waals surface area contributed by atoms with E-state index in [0.717, 1.165) is 34.6 Å². The molecule has 146 heavy (non-hydrogen) atoms. The molecule has 11 rings (SSSR count). The molecule has 0 aromatic heterocycles. The maximum atomic E-state index is 13.8. The van der Waals surface area contributed by atoms with E-state index in [1.807, 2.05) is 0 Å². The Morgan fingerprint density at radius 2 is 0.548 bits per heavy atom. The molecule has 0 aliphatic carbocycles. The SMILES string of the molecule is CC(=O)N[C@H]1[C@H](O[C@@H]([C@H](O)[C@H](CO)NC(C)=O)[C@H](O)CO[C@@H]2O[C@@H](C)[C@@H](O)[C@@H](O)[C@@H]2O)O[C@H](CO)[C@@H](O[C@@H]2O[C@H](CO[C@H]3O[C@H](CO)[C@@H](O)[C@H](O)[C@@H]3O[C@@H]3O[C@H](CO)[C@@H](O[C@@H]4O[C@H](CO)[C@H](O)[C@H](O)[C@H]4O)[C@H](O[C@@H]4O[C@@H](C)[C@@H](O)[C@@H](O)[C@@H]4O)[C@H]3NC(C)=O)[C@@H](O[C@@H]3O[C@H](CO)[C@@H](O)[C@H](O)[C@H]3NC(C)=O)[C@H](O[C@H]3O[C@H](CO)[C@@H](O)[C@H](O)[C@@H]3O[C@@H]3O[C@H](CO)[C@@H](O[C@@H]4O[C@H](CO)[C@H](O)[C@H](O)[C@H]4O)[C@H](O)[C@H]3NC(C)=O)[C@@H]2O)[C@@H]1O. The summed E-state index contributed by atoms with van der Waals surface area (Å²) >= 11 is 0. The van der Waals surface area contributed by atoms with Crippen LogP contribution in [0.4, 0.5) is 0 Å². The zero-order valence-corrected chi connectivity index (χ0v) is 79.2. The third-order valence-electron chi connectivity index (χ3n) is 26.7. The quantitative estimate of drug-likeness (QED) is 0.0270. The highest BCUT2D eigenvalue weighted by molar-refractivity contribution is 5.75. The van der Waals surface area contributed by atoms with Gasteiger partial charge in [0.05, 0.1) is 90.9 Å². The lowest BCUT2D eigenvalue weighted by molar-refractivity contribution is -0.409. The zero-order valence-electron chi connectivity index (χ0n) is 79.2. The van der Waals surface area contributed by atoms with Gasteiger partial charge in [-0.3, -0.25) is 24.0 Å². The van der Waals surface area contributed by atoms with Crippen LogP contribution in [0.5, 0.6) is 0 Å². The molecule has 64 heteroatoms. The van der Waals surface area contributed by atoms with E-state index < -0.39 is 464 Å². The molecule has 0 saturated carbocycles. The van der Waals surface area contributed by atoms with Crippen molar-refractivity contribution in [3.05, 3.63) is 0 Å². The lowest BCUT2D eigenvalue weighted by Crippen LogP contribution is -2.71. The van der Waals surface area contributed by atoms with Gasteiger partial charge < -0.3 is 294 Å². The Morgan fingerprint density at radius 1 is 0.253 bits per heavy atom. The van der Waals surface area contributed by atoms with Crippen LogP contribution in [0.1, 0.15) is 48.5 Å². The number of ether oxygens (including phenoxy) is 22. The van der Waals surface area contributed by atoms with Crippen LogP contribution < -0.4 is 26.6 Å². The Bertz CT molecular complexity index is 4030. The van der Waals surface area contributed by atoms with E-state index in [9.17, 15) is 187 Å². The van der Waals surface area contributed by atoms with Gasteiger partial charge in [0.15, 0.2) is 69.2 Å². The Kier molecular flexibility index (Phi) is 44.5. The van der Waals surface area contributed by atoms with Crippen molar-refractivity contribution in [2.45, 2.75) is 410 Å². The van der Waals surface area contributed by atoms with Crippen LogP contribution in [0.2, 0.25) is 0 Å². The number of carbonyl (C=O) groups is 5. The van der Waals surface area contributed by atoms with Gasteiger partial charge in [0.25, 0.3) is 0 Å². The average Bonchev–Trinajstić information content (AvgIpc) is 0.752. The molecule has 0 spiro atoms. The lowest BCUT2D eigenvalue weighted by Gasteiger charge is -2.52. The second-order valence-corrected chi connectivity index (χ2v) is 37.1. The fraction of sp³-hybridized carbons (Fsp3) is 0.939. The summed E-state index contributed by atoms with van der Waals surface area (Å²) in [6.07, 6.45) is -120. The van der Waals surface area contributed by atoms with Gasteiger partial charge >= 0.3 is 0 Å². The number of aliphatic hydroxyl groups is 32. The van der Waals surface area contributed by atoms with Crippen LogP contribution >= 0.6 is 0 Å². The molecule has 5 amide bonds. The third kappa shape index (κ3) is 27.4. The predicted molar refractivity (Wildman–Crippen MR) is 452 cm³/mol. The number of hydrogen-bond acceptors (Lipinski definition) is 59. The fourth-order valence-electron chi connectivity index (χ4n) is 18.7. The lowest BCUT2D eigenvalue weighted by atomic mass is 9.93. The van der Waals surface area contributed by atoms with Crippen molar-refractivity contribution >= 4 is 29.5 Å². The number of aliphatic hydroxyl groups excluding tert-OH is 32. The van der Waals surface area contributed by atoms with Crippen molar-refractivity contribution in [2.75, 3.05) is 72.7 Å². The van der Waals surface area contributed by atoms with E-state index >= 15 is 0 Å². The summed E-state index contributed by atoms with van der Waals surface area (Å²) in [5.41, 5.74) is 0. The summed E-state index contributed by atoms with van der Waals surface area (Å²) in [5.74, 6) is -5.23. The van der Waals surface area contributed by atoms with E-state index in [1.165, 1.54) is 13.8 Å². The summed E-state index contributed by atoms with van der Waals surface area (Å²) in [5, 5.41) is 375. The highest BCUT2D eigenvalue weighted by atomic mass is 16.8. The summed E-state index contributed by atoms with van der Waals surface area (Å²) in [6.45, 7) is -6.88. The van der Waals surface area contributed by atoms with Gasteiger partial charge in [0.2, 0.25) is 29.5 Å². The smallest absolute Gasteiger partial charge is 0.217 e. The molecule has 11 saturated heterocycles. The minimum atomic E-state index is -2.90. The number of nitrogens with one attached hydrogen (secondary N) is 5. The van der Waals surface area contributed by atoms with Crippen molar-refractivity contribution in [3.63, 3.8) is 0 Å². The van der Waals surface area contributed by atoms with Gasteiger partial charge in [-0.15, -0.1) is 0 Å². The van der Waals surface area contributed by atoms with Gasteiger partial charge in [-0.05, 0) is 13.8 Å². The van der Waals surface area contributed by atoms with Crippen molar-refractivity contribution in [3.8, 4) is 0 Å². The molecular formula is C82H139N5O59. The summed E-state index contributed by atoms with van der Waals surface area (Å²) in [7, 11) is 0. The highest BCUT2D eigenvalue weighted by Gasteiger charge is 2.64. The highest BCUT2D eigenvalue weighted by Crippen LogP contribution is 2.43. The zero-order chi connectivity index (χ0) is 108. The maximum Gasteiger partial charge on any atom is 0.217 e. The van der Waals surface area contributed by atoms with E-state index in [0.29, 0.717) is 0 Å². The predicted octanol–water partition coefficient (Wildman–Crippen LogP) is -24.7. The number of rotatable bonds is 41. The molecule has 11 heterocycles. The first-order valence-corrected chi connectivity index (χ1v) is 46.8. The number of amides is 5. The molecule has 11 aliphatic heterocycles. The van der Waals surface area contributed by atoms with Gasteiger partial charge in [0, 0.05) is 34.6 Å². The molecule has 0 bridgehead atoms. The first kappa shape index (κ1) is 121. The first-order chi connectivity index (χ1) is 69.0. The van der Waals surface area contributed by atoms with Crippen LogP contribution in [-0.4, -0.2) is 627 Å². The van der Waals surface area contributed by atoms with Crippen LogP contribution in [-0.2, 0) is 128 Å². The third-order valence-corrected chi connectivity index (χ3v) is 26.7. The summed E-state index contributed by atoms with van der Waals surface area (Å²) in [4.78, 5) is 66.6. The van der Waals surface area contributed by atoms with Crippen molar-refractivity contribution < 1.29 is 292 Å². The minimum absolute atomic E-state index is 0.841. The normalized spacial score (nSPS) is 47.5. The summed E-state index contributed by atoms with van der Waals surface area (Å²) in [6, 6.07) is -10.4. The molecule has 59 atom stereocenters. The second-order valence-electron chi connectivity index (χ2n) is 37.1. The van der Waals surface area contributed by atoms with Crippen LogP contribution in [0.15, 0.2) is 0 Å². The molecular weight excluding hydrogens is 2000 g/mol. The molecule has 846 valence electrons. The minimum Gasteiger partial charge on any atom is -0.394 e. The molecule has 0 aromatic rings. The van der Waals surface area contributed by atoms with Crippen molar-refractivity contribution in [1.82, 2.24) is 26.6 Å². The Balaban J connectivity index is 1.04. The first-order valence-electron chi connectivity index (χ1n) is 46.8. The van der Waals surface area contributed by atoms with Crippen LogP contribution in [0.25, 0.3) is 0 Å². The molecule has 37 N–H and O–H groups in total. The van der Waals surface area contributed by atoms with Gasteiger partial charge in [-0.2, -0.15) is 0 Å². The Morgan fingerprint density at radius 3 is 0.986 bits per heavy atom. The molecule has 0 unspecified atom stereocenters. The molecule has 64 nitrogen and oxygen atoms in total. The van der Waals surface area contributed by atoms with Gasteiger partial charge in [0.1, 0.15) is 274 Å². The maximum absolute atomic E-state index is 13.8. The number of hydrogen-bond donors (Lipinski definition) is 37. The molecule has 11 aliphatic rings. The topological polar surface area (TPSA) is 996 Å². The largest absolute Gasteiger partial charge is 0.394 e. The van der Waals surface area contributed by atoms with E-state index in [2.05, 4.69) is 26.6 Å². The Hall–Kier alpha value is -4.81. The number of carbonyl (C=O) groups excluding carboxylic acids is 5. The monoisotopic (exact) mass is 2140 g/mol.